The number of carboxylic acid groups (broad SMARTS) is 1. The first-order chi connectivity index (χ1) is 6.77. The van der Waals surface area contributed by atoms with Gasteiger partial charge in [-0.15, -0.1) is 0 Å². The molecule has 0 radical (unpaired) electrons. The van der Waals surface area contributed by atoms with Crippen LogP contribution in [0.3, 0.4) is 0 Å². The second kappa shape index (κ2) is 4.30. The molecule has 1 saturated carbocycles. The van der Waals surface area contributed by atoms with Gasteiger partial charge in [-0.05, 0) is 38.1 Å². The normalized spacial score (nSPS) is 29.9. The third-order valence-corrected chi connectivity index (χ3v) is 3.62. The lowest BCUT2D eigenvalue weighted by Gasteiger charge is -2.24. The zero-order valence-electron chi connectivity index (χ0n) is 8.61. The quantitative estimate of drug-likeness (QED) is 0.749. The van der Waals surface area contributed by atoms with Crippen molar-refractivity contribution < 1.29 is 9.90 Å². The van der Waals surface area contributed by atoms with E-state index in [1.54, 1.807) is 0 Å². The molecular formula is C11H19NO2. The van der Waals surface area contributed by atoms with Crippen molar-refractivity contribution in [2.45, 2.75) is 44.6 Å². The van der Waals surface area contributed by atoms with Crippen molar-refractivity contribution in [1.29, 1.82) is 0 Å². The maximum absolute atomic E-state index is 10.9. The van der Waals surface area contributed by atoms with Crippen LogP contribution in [0.1, 0.15) is 38.5 Å². The summed E-state index contributed by atoms with van der Waals surface area (Å²) in [5.41, 5.74) is 0. The van der Waals surface area contributed by atoms with Gasteiger partial charge < -0.3 is 5.11 Å². The standard InChI is InChI=1S/C11H19NO2/c13-11(14)10-6-3-7-12(10)8-9-4-1-2-5-9/h9-10H,1-8H2,(H,13,14). The molecule has 0 amide bonds. The average molecular weight is 197 g/mol. The highest BCUT2D eigenvalue weighted by Gasteiger charge is 2.32. The zero-order valence-corrected chi connectivity index (χ0v) is 8.61. The number of rotatable bonds is 3. The van der Waals surface area contributed by atoms with E-state index >= 15 is 0 Å². The Morgan fingerprint density at radius 2 is 1.93 bits per heavy atom. The van der Waals surface area contributed by atoms with E-state index in [0.717, 1.165) is 31.8 Å². The van der Waals surface area contributed by atoms with Crippen LogP contribution in [0.5, 0.6) is 0 Å². The number of aliphatic carboxylic acids is 1. The maximum Gasteiger partial charge on any atom is 0.320 e. The van der Waals surface area contributed by atoms with Crippen molar-refractivity contribution in [3.63, 3.8) is 0 Å². The molecule has 1 aliphatic heterocycles. The highest BCUT2D eigenvalue weighted by atomic mass is 16.4. The predicted molar refractivity (Wildman–Crippen MR) is 54.2 cm³/mol. The predicted octanol–water partition coefficient (Wildman–Crippen LogP) is 1.73. The van der Waals surface area contributed by atoms with Crippen LogP contribution >= 0.6 is 0 Å². The average Bonchev–Trinajstić information content (AvgIpc) is 2.75. The largest absolute Gasteiger partial charge is 0.480 e. The summed E-state index contributed by atoms with van der Waals surface area (Å²) in [4.78, 5) is 13.1. The summed E-state index contributed by atoms with van der Waals surface area (Å²) < 4.78 is 0. The lowest BCUT2D eigenvalue weighted by atomic mass is 10.1. The number of hydrogen-bond donors (Lipinski definition) is 1. The maximum atomic E-state index is 10.9. The fourth-order valence-corrected chi connectivity index (χ4v) is 2.85. The van der Waals surface area contributed by atoms with E-state index in [9.17, 15) is 4.79 Å². The SMILES string of the molecule is O=C(O)C1CCCN1CC1CCCC1. The van der Waals surface area contributed by atoms with E-state index in [1.165, 1.54) is 25.7 Å². The summed E-state index contributed by atoms with van der Waals surface area (Å²) >= 11 is 0. The van der Waals surface area contributed by atoms with Gasteiger partial charge in [0.15, 0.2) is 0 Å². The van der Waals surface area contributed by atoms with Gasteiger partial charge in [-0.1, -0.05) is 12.8 Å². The number of hydrogen-bond acceptors (Lipinski definition) is 2. The summed E-state index contributed by atoms with van der Waals surface area (Å²) in [6.45, 7) is 2.02. The van der Waals surface area contributed by atoms with Gasteiger partial charge in [-0.25, -0.2) is 0 Å². The molecule has 0 aromatic carbocycles. The number of likely N-dealkylation sites (tertiary alicyclic amines) is 1. The molecule has 0 spiro atoms. The molecule has 1 aliphatic carbocycles. The Morgan fingerprint density at radius 3 is 2.57 bits per heavy atom. The Bertz CT molecular complexity index is 211. The Balaban J connectivity index is 1.86. The van der Waals surface area contributed by atoms with Gasteiger partial charge in [-0.3, -0.25) is 9.69 Å². The minimum Gasteiger partial charge on any atom is -0.480 e. The smallest absolute Gasteiger partial charge is 0.320 e. The minimum absolute atomic E-state index is 0.185. The first kappa shape index (κ1) is 9.97. The van der Waals surface area contributed by atoms with Gasteiger partial charge in [0.2, 0.25) is 0 Å². The molecule has 1 unspecified atom stereocenters. The molecular weight excluding hydrogens is 178 g/mol. The molecule has 80 valence electrons. The molecule has 0 aromatic rings. The summed E-state index contributed by atoms with van der Waals surface area (Å²) in [6.07, 6.45) is 7.21. The second-order valence-electron chi connectivity index (χ2n) is 4.64. The molecule has 1 saturated heterocycles. The molecule has 14 heavy (non-hydrogen) atoms. The fourth-order valence-electron chi connectivity index (χ4n) is 2.85. The van der Waals surface area contributed by atoms with Crippen LogP contribution in [0.25, 0.3) is 0 Å². The first-order valence-electron chi connectivity index (χ1n) is 5.74. The minimum atomic E-state index is -0.625. The first-order valence-corrected chi connectivity index (χ1v) is 5.74. The molecule has 0 aromatic heterocycles. The third kappa shape index (κ3) is 2.08. The van der Waals surface area contributed by atoms with Crippen LogP contribution in [0, 0.1) is 5.92 Å². The molecule has 2 fully saturated rings. The van der Waals surface area contributed by atoms with E-state index in [1.807, 2.05) is 0 Å². The van der Waals surface area contributed by atoms with Crippen LogP contribution in [-0.2, 0) is 4.79 Å². The Morgan fingerprint density at radius 1 is 1.21 bits per heavy atom. The molecule has 2 rings (SSSR count). The number of carboxylic acids is 1. The van der Waals surface area contributed by atoms with Gasteiger partial charge in [0.25, 0.3) is 0 Å². The van der Waals surface area contributed by atoms with Crippen molar-refractivity contribution in [2.75, 3.05) is 13.1 Å². The van der Waals surface area contributed by atoms with Crippen LogP contribution < -0.4 is 0 Å². The van der Waals surface area contributed by atoms with Gasteiger partial charge >= 0.3 is 5.97 Å². The summed E-state index contributed by atoms with van der Waals surface area (Å²) in [6, 6.07) is -0.185. The van der Waals surface area contributed by atoms with Crippen LogP contribution in [0.2, 0.25) is 0 Å². The second-order valence-corrected chi connectivity index (χ2v) is 4.64. The Labute approximate surface area is 85.1 Å². The molecule has 1 atom stereocenters. The molecule has 2 aliphatic rings. The van der Waals surface area contributed by atoms with Gasteiger partial charge in [0, 0.05) is 6.54 Å². The van der Waals surface area contributed by atoms with E-state index in [-0.39, 0.29) is 6.04 Å². The van der Waals surface area contributed by atoms with E-state index in [2.05, 4.69) is 4.90 Å². The summed E-state index contributed by atoms with van der Waals surface area (Å²) in [5, 5.41) is 9.02. The van der Waals surface area contributed by atoms with E-state index in [4.69, 9.17) is 5.11 Å². The lowest BCUT2D eigenvalue weighted by Crippen LogP contribution is -2.38. The molecule has 0 bridgehead atoms. The van der Waals surface area contributed by atoms with Gasteiger partial charge in [-0.2, -0.15) is 0 Å². The molecule has 1 heterocycles. The van der Waals surface area contributed by atoms with Gasteiger partial charge in [0.05, 0.1) is 0 Å². The summed E-state index contributed by atoms with van der Waals surface area (Å²) in [7, 11) is 0. The van der Waals surface area contributed by atoms with Gasteiger partial charge in [0.1, 0.15) is 6.04 Å². The monoisotopic (exact) mass is 197 g/mol. The Kier molecular flexibility index (Phi) is 3.06. The molecule has 3 heteroatoms. The van der Waals surface area contributed by atoms with Crippen molar-refractivity contribution in [2.24, 2.45) is 5.92 Å². The van der Waals surface area contributed by atoms with E-state index < -0.39 is 5.97 Å². The van der Waals surface area contributed by atoms with Crippen molar-refractivity contribution in [3.05, 3.63) is 0 Å². The van der Waals surface area contributed by atoms with Crippen molar-refractivity contribution in [1.82, 2.24) is 4.90 Å². The van der Waals surface area contributed by atoms with Crippen LogP contribution in [0.15, 0.2) is 0 Å². The molecule has 1 N–H and O–H groups in total. The topological polar surface area (TPSA) is 40.5 Å². The van der Waals surface area contributed by atoms with Crippen LogP contribution in [0.4, 0.5) is 0 Å². The number of nitrogens with zero attached hydrogens (tertiary/aromatic N) is 1. The fraction of sp³-hybridized carbons (Fsp3) is 0.909. The number of carbonyl (C=O) groups is 1. The highest BCUT2D eigenvalue weighted by molar-refractivity contribution is 5.73. The van der Waals surface area contributed by atoms with Crippen LogP contribution in [-0.4, -0.2) is 35.1 Å². The zero-order chi connectivity index (χ0) is 9.97. The third-order valence-electron chi connectivity index (χ3n) is 3.62. The highest BCUT2D eigenvalue weighted by Crippen LogP contribution is 2.28. The van der Waals surface area contributed by atoms with Crippen molar-refractivity contribution >= 4 is 5.97 Å². The van der Waals surface area contributed by atoms with E-state index in [0.29, 0.717) is 0 Å². The summed E-state index contributed by atoms with van der Waals surface area (Å²) in [5.74, 6) is 0.149. The lowest BCUT2D eigenvalue weighted by molar-refractivity contribution is -0.142. The molecule has 3 nitrogen and oxygen atoms in total. The van der Waals surface area contributed by atoms with Crippen molar-refractivity contribution in [3.8, 4) is 0 Å². The Hall–Kier alpha value is -0.570.